The van der Waals surface area contributed by atoms with E-state index in [2.05, 4.69) is 0 Å². The number of rotatable bonds is 8. The van der Waals surface area contributed by atoms with Crippen LogP contribution in [0.1, 0.15) is 5.56 Å². The standard InChI is InChI=1S/C13H19NO3S/c1-14(7-11-5-3-2-4-6-11)8-12(15)9-18-10-13(16)17/h2-6,12,15H,7-10H2,1H3,(H,16,17). The van der Waals surface area contributed by atoms with Crippen LogP contribution in [-0.2, 0) is 11.3 Å². The van der Waals surface area contributed by atoms with Gasteiger partial charge >= 0.3 is 5.97 Å². The first kappa shape index (κ1) is 15.0. The number of benzene rings is 1. The van der Waals surface area contributed by atoms with Crippen molar-refractivity contribution in [1.82, 2.24) is 4.90 Å². The fourth-order valence-corrected chi connectivity index (χ4v) is 2.32. The van der Waals surface area contributed by atoms with Crippen LogP contribution in [0.15, 0.2) is 30.3 Å². The van der Waals surface area contributed by atoms with Gasteiger partial charge in [-0.15, -0.1) is 11.8 Å². The third kappa shape index (κ3) is 6.64. The SMILES string of the molecule is CN(Cc1ccccc1)CC(O)CSCC(=O)O. The van der Waals surface area contributed by atoms with Gasteiger partial charge in [0.15, 0.2) is 0 Å². The average molecular weight is 269 g/mol. The summed E-state index contributed by atoms with van der Waals surface area (Å²) in [5.41, 5.74) is 1.20. The maximum Gasteiger partial charge on any atom is 0.313 e. The maximum absolute atomic E-state index is 10.3. The number of aliphatic hydroxyl groups excluding tert-OH is 1. The van der Waals surface area contributed by atoms with Gasteiger partial charge in [-0.05, 0) is 12.6 Å². The van der Waals surface area contributed by atoms with Crippen molar-refractivity contribution in [1.29, 1.82) is 0 Å². The lowest BCUT2D eigenvalue weighted by Gasteiger charge is -2.20. The minimum absolute atomic E-state index is 0.0411. The predicted molar refractivity (Wildman–Crippen MR) is 73.7 cm³/mol. The van der Waals surface area contributed by atoms with Gasteiger partial charge in [0.05, 0.1) is 11.9 Å². The van der Waals surface area contributed by atoms with Crippen molar-refractivity contribution in [2.24, 2.45) is 0 Å². The highest BCUT2D eigenvalue weighted by Gasteiger charge is 2.09. The van der Waals surface area contributed by atoms with E-state index in [1.54, 1.807) is 0 Å². The summed E-state index contributed by atoms with van der Waals surface area (Å²) in [4.78, 5) is 12.4. The molecule has 0 amide bonds. The van der Waals surface area contributed by atoms with E-state index in [1.165, 1.54) is 17.3 Å². The summed E-state index contributed by atoms with van der Waals surface area (Å²) in [7, 11) is 1.94. The number of nitrogens with zero attached hydrogens (tertiary/aromatic N) is 1. The molecule has 0 bridgehead atoms. The third-order valence-corrected chi connectivity index (χ3v) is 3.43. The smallest absolute Gasteiger partial charge is 0.313 e. The number of thioether (sulfide) groups is 1. The van der Waals surface area contributed by atoms with Gasteiger partial charge in [-0.1, -0.05) is 30.3 Å². The molecule has 0 aliphatic heterocycles. The lowest BCUT2D eigenvalue weighted by molar-refractivity contribution is -0.133. The molecule has 1 aromatic rings. The van der Waals surface area contributed by atoms with Crippen molar-refractivity contribution in [2.45, 2.75) is 12.6 Å². The Labute approximate surface area is 112 Å². The van der Waals surface area contributed by atoms with Gasteiger partial charge in [0, 0.05) is 18.8 Å². The molecule has 0 radical (unpaired) electrons. The van der Waals surface area contributed by atoms with Crippen LogP contribution in [0.2, 0.25) is 0 Å². The van der Waals surface area contributed by atoms with Crippen LogP contribution in [-0.4, -0.2) is 52.3 Å². The van der Waals surface area contributed by atoms with E-state index in [0.29, 0.717) is 12.3 Å². The van der Waals surface area contributed by atoms with E-state index < -0.39 is 12.1 Å². The zero-order chi connectivity index (χ0) is 13.4. The Morgan fingerprint density at radius 2 is 2.06 bits per heavy atom. The first-order valence-corrected chi connectivity index (χ1v) is 6.93. The molecule has 1 atom stereocenters. The van der Waals surface area contributed by atoms with Crippen LogP contribution in [0.4, 0.5) is 0 Å². The summed E-state index contributed by atoms with van der Waals surface area (Å²) in [5, 5.41) is 18.2. The molecular weight excluding hydrogens is 250 g/mol. The van der Waals surface area contributed by atoms with E-state index in [-0.39, 0.29) is 5.75 Å². The highest BCUT2D eigenvalue weighted by molar-refractivity contribution is 7.99. The van der Waals surface area contributed by atoms with Crippen LogP contribution < -0.4 is 0 Å². The molecule has 0 aliphatic carbocycles. The number of aliphatic carboxylic acids is 1. The van der Waals surface area contributed by atoms with Crippen LogP contribution >= 0.6 is 11.8 Å². The summed E-state index contributed by atoms with van der Waals surface area (Å²) in [6.45, 7) is 1.32. The minimum atomic E-state index is -0.843. The molecule has 0 spiro atoms. The second-order valence-electron chi connectivity index (χ2n) is 4.25. The minimum Gasteiger partial charge on any atom is -0.481 e. The summed E-state index contributed by atoms with van der Waals surface area (Å²) in [6, 6.07) is 10.0. The molecule has 0 fully saturated rings. The van der Waals surface area contributed by atoms with Gasteiger partial charge in [0.2, 0.25) is 0 Å². The number of carbonyl (C=O) groups is 1. The Morgan fingerprint density at radius 1 is 1.39 bits per heavy atom. The van der Waals surface area contributed by atoms with Gasteiger partial charge in [-0.2, -0.15) is 0 Å². The van der Waals surface area contributed by atoms with Crippen molar-refractivity contribution in [3.8, 4) is 0 Å². The monoisotopic (exact) mass is 269 g/mol. The van der Waals surface area contributed by atoms with E-state index in [4.69, 9.17) is 5.11 Å². The highest BCUT2D eigenvalue weighted by Crippen LogP contribution is 2.06. The first-order valence-electron chi connectivity index (χ1n) is 5.78. The lowest BCUT2D eigenvalue weighted by Crippen LogP contribution is -2.30. The quantitative estimate of drug-likeness (QED) is 0.745. The Balaban J connectivity index is 2.23. The van der Waals surface area contributed by atoms with Gasteiger partial charge in [0.25, 0.3) is 0 Å². The van der Waals surface area contributed by atoms with Crippen molar-refractivity contribution >= 4 is 17.7 Å². The molecule has 5 heteroatoms. The summed E-state index contributed by atoms with van der Waals surface area (Å²) < 4.78 is 0. The van der Waals surface area contributed by atoms with Crippen LogP contribution in [0.25, 0.3) is 0 Å². The molecule has 1 aromatic carbocycles. The normalized spacial score (nSPS) is 12.6. The Morgan fingerprint density at radius 3 is 2.67 bits per heavy atom. The number of carboxylic acid groups (broad SMARTS) is 1. The fraction of sp³-hybridized carbons (Fsp3) is 0.462. The molecule has 0 saturated heterocycles. The first-order chi connectivity index (χ1) is 8.58. The highest BCUT2D eigenvalue weighted by atomic mass is 32.2. The Kier molecular flexibility index (Phi) is 6.78. The van der Waals surface area contributed by atoms with Crippen LogP contribution in [0.3, 0.4) is 0 Å². The molecule has 0 heterocycles. The number of aliphatic hydroxyl groups is 1. The molecular formula is C13H19NO3S. The van der Waals surface area contributed by atoms with Crippen LogP contribution in [0.5, 0.6) is 0 Å². The summed E-state index contributed by atoms with van der Waals surface area (Å²) in [6.07, 6.45) is -0.497. The number of carboxylic acids is 1. The molecule has 18 heavy (non-hydrogen) atoms. The van der Waals surface area contributed by atoms with Crippen LogP contribution in [0, 0.1) is 0 Å². The van der Waals surface area contributed by atoms with Crippen molar-refractivity contribution < 1.29 is 15.0 Å². The second kappa shape index (κ2) is 8.13. The van der Waals surface area contributed by atoms with Gasteiger partial charge in [0.1, 0.15) is 0 Å². The van der Waals surface area contributed by atoms with E-state index in [1.807, 2.05) is 42.3 Å². The maximum atomic E-state index is 10.3. The van der Waals surface area contributed by atoms with Crippen molar-refractivity contribution in [3.05, 3.63) is 35.9 Å². The number of hydrogen-bond donors (Lipinski definition) is 2. The largest absolute Gasteiger partial charge is 0.481 e. The van der Waals surface area contributed by atoms with E-state index in [9.17, 15) is 9.90 Å². The molecule has 2 N–H and O–H groups in total. The van der Waals surface area contributed by atoms with Gasteiger partial charge in [-0.25, -0.2) is 0 Å². The molecule has 0 aliphatic rings. The molecule has 0 aromatic heterocycles. The zero-order valence-corrected chi connectivity index (χ0v) is 11.3. The summed E-state index contributed by atoms with van der Waals surface area (Å²) in [5.74, 6) is -0.352. The van der Waals surface area contributed by atoms with Crippen molar-refractivity contribution in [2.75, 3.05) is 25.1 Å². The zero-order valence-electron chi connectivity index (χ0n) is 10.5. The second-order valence-corrected chi connectivity index (χ2v) is 5.28. The number of hydrogen-bond acceptors (Lipinski definition) is 4. The number of likely N-dealkylation sites (N-methyl/N-ethyl adjacent to an activating group) is 1. The van der Waals surface area contributed by atoms with Gasteiger partial charge < -0.3 is 10.2 Å². The lowest BCUT2D eigenvalue weighted by atomic mass is 10.2. The average Bonchev–Trinajstić information content (AvgIpc) is 2.29. The molecule has 1 rings (SSSR count). The van der Waals surface area contributed by atoms with E-state index in [0.717, 1.165) is 6.54 Å². The third-order valence-electron chi connectivity index (χ3n) is 2.35. The Hall–Kier alpha value is -1.04. The molecule has 0 saturated carbocycles. The topological polar surface area (TPSA) is 60.8 Å². The van der Waals surface area contributed by atoms with E-state index >= 15 is 0 Å². The molecule has 100 valence electrons. The Bertz CT molecular complexity index is 359. The summed E-state index contributed by atoms with van der Waals surface area (Å²) >= 11 is 1.24. The predicted octanol–water partition coefficient (Wildman–Crippen LogP) is 1.30. The fourth-order valence-electron chi connectivity index (χ4n) is 1.65. The van der Waals surface area contributed by atoms with Crippen molar-refractivity contribution in [3.63, 3.8) is 0 Å². The van der Waals surface area contributed by atoms with Gasteiger partial charge in [-0.3, -0.25) is 9.69 Å². The molecule has 4 nitrogen and oxygen atoms in total. The molecule has 1 unspecified atom stereocenters.